The van der Waals surface area contributed by atoms with Gasteiger partial charge in [-0.3, -0.25) is 9.29 Å². The van der Waals surface area contributed by atoms with E-state index in [9.17, 15) is 12.8 Å². The fourth-order valence-corrected chi connectivity index (χ4v) is 3.14. The lowest BCUT2D eigenvalue weighted by atomic mass is 10.2. The van der Waals surface area contributed by atoms with Crippen molar-refractivity contribution in [1.82, 2.24) is 4.98 Å². The zero-order chi connectivity index (χ0) is 15.5. The molecule has 0 aliphatic heterocycles. The maximum absolute atomic E-state index is 14.0. The SMILES string of the molecule is CC(C)S(=O)(=O)N(Cc1cccnc1)c1ccccc1F. The second-order valence-electron chi connectivity index (χ2n) is 4.91. The van der Waals surface area contributed by atoms with E-state index < -0.39 is 21.1 Å². The van der Waals surface area contributed by atoms with E-state index in [0.717, 1.165) is 4.31 Å². The lowest BCUT2D eigenvalue weighted by Gasteiger charge is -2.26. The van der Waals surface area contributed by atoms with Crippen molar-refractivity contribution in [2.75, 3.05) is 4.31 Å². The first-order valence-electron chi connectivity index (χ1n) is 6.58. The van der Waals surface area contributed by atoms with Gasteiger partial charge in [0.25, 0.3) is 0 Å². The van der Waals surface area contributed by atoms with Crippen LogP contribution in [0.15, 0.2) is 48.8 Å². The van der Waals surface area contributed by atoms with E-state index in [1.54, 1.807) is 44.4 Å². The molecule has 0 fully saturated rings. The highest BCUT2D eigenvalue weighted by molar-refractivity contribution is 7.93. The quantitative estimate of drug-likeness (QED) is 0.853. The first-order valence-corrected chi connectivity index (χ1v) is 8.08. The second-order valence-corrected chi connectivity index (χ2v) is 7.33. The molecule has 112 valence electrons. The lowest BCUT2D eigenvalue weighted by molar-refractivity contribution is 0.576. The maximum atomic E-state index is 14.0. The number of aromatic nitrogens is 1. The molecule has 0 atom stereocenters. The van der Waals surface area contributed by atoms with Crippen LogP contribution in [0.2, 0.25) is 0 Å². The van der Waals surface area contributed by atoms with Crippen LogP contribution in [-0.2, 0) is 16.6 Å². The maximum Gasteiger partial charge on any atom is 0.237 e. The number of anilines is 1. The predicted molar refractivity (Wildman–Crippen MR) is 80.9 cm³/mol. The van der Waals surface area contributed by atoms with Gasteiger partial charge in [-0.2, -0.15) is 0 Å². The molecule has 0 spiro atoms. The van der Waals surface area contributed by atoms with Crippen molar-refractivity contribution < 1.29 is 12.8 Å². The second kappa shape index (κ2) is 6.22. The molecular formula is C15H17FN2O2S. The Morgan fingerprint density at radius 2 is 1.90 bits per heavy atom. The normalized spacial score (nSPS) is 11.6. The molecule has 0 N–H and O–H groups in total. The van der Waals surface area contributed by atoms with Gasteiger partial charge in [0, 0.05) is 12.4 Å². The molecule has 2 aromatic rings. The summed E-state index contributed by atoms with van der Waals surface area (Å²) >= 11 is 0. The fraction of sp³-hybridized carbons (Fsp3) is 0.267. The van der Waals surface area contributed by atoms with Gasteiger partial charge in [-0.1, -0.05) is 18.2 Å². The predicted octanol–water partition coefficient (Wildman–Crippen LogP) is 2.97. The minimum absolute atomic E-state index is 0.0509. The van der Waals surface area contributed by atoms with Crippen LogP contribution in [0.3, 0.4) is 0 Å². The summed E-state index contributed by atoms with van der Waals surface area (Å²) in [4.78, 5) is 3.97. The molecule has 0 unspecified atom stereocenters. The monoisotopic (exact) mass is 308 g/mol. The number of hydrogen-bond acceptors (Lipinski definition) is 3. The number of nitrogens with zero attached hydrogens (tertiary/aromatic N) is 2. The van der Waals surface area contributed by atoms with Gasteiger partial charge in [0.05, 0.1) is 17.5 Å². The van der Waals surface area contributed by atoms with Gasteiger partial charge in [0.15, 0.2) is 0 Å². The van der Waals surface area contributed by atoms with Crippen molar-refractivity contribution in [3.8, 4) is 0 Å². The van der Waals surface area contributed by atoms with E-state index in [-0.39, 0.29) is 12.2 Å². The largest absolute Gasteiger partial charge is 0.264 e. The molecule has 1 heterocycles. The molecule has 0 aliphatic rings. The third-order valence-electron chi connectivity index (χ3n) is 3.07. The van der Waals surface area contributed by atoms with Gasteiger partial charge in [-0.05, 0) is 37.6 Å². The van der Waals surface area contributed by atoms with Gasteiger partial charge in [-0.15, -0.1) is 0 Å². The molecule has 21 heavy (non-hydrogen) atoms. The van der Waals surface area contributed by atoms with Crippen molar-refractivity contribution in [2.45, 2.75) is 25.6 Å². The van der Waals surface area contributed by atoms with E-state index in [1.165, 1.54) is 18.2 Å². The van der Waals surface area contributed by atoms with Crippen molar-refractivity contribution in [3.05, 3.63) is 60.2 Å². The molecule has 2 rings (SSSR count). The number of sulfonamides is 1. The van der Waals surface area contributed by atoms with E-state index in [1.807, 2.05) is 0 Å². The summed E-state index contributed by atoms with van der Waals surface area (Å²) in [6.45, 7) is 3.20. The minimum atomic E-state index is -3.65. The van der Waals surface area contributed by atoms with Crippen molar-refractivity contribution in [2.24, 2.45) is 0 Å². The number of pyridine rings is 1. The summed E-state index contributed by atoms with van der Waals surface area (Å²) < 4.78 is 40.2. The van der Waals surface area contributed by atoms with Crippen LogP contribution in [0.4, 0.5) is 10.1 Å². The molecule has 0 saturated heterocycles. The van der Waals surface area contributed by atoms with Crippen molar-refractivity contribution >= 4 is 15.7 Å². The Balaban J connectivity index is 2.48. The Bertz CT molecular complexity index is 703. The zero-order valence-corrected chi connectivity index (χ0v) is 12.7. The molecule has 0 bridgehead atoms. The van der Waals surface area contributed by atoms with Crippen LogP contribution in [0.1, 0.15) is 19.4 Å². The average Bonchev–Trinajstić information content (AvgIpc) is 2.46. The van der Waals surface area contributed by atoms with Crippen molar-refractivity contribution in [3.63, 3.8) is 0 Å². The lowest BCUT2D eigenvalue weighted by Crippen LogP contribution is -2.36. The van der Waals surface area contributed by atoms with Crippen LogP contribution in [-0.4, -0.2) is 18.7 Å². The first kappa shape index (κ1) is 15.4. The Kier molecular flexibility index (Phi) is 4.57. The highest BCUT2D eigenvalue weighted by Gasteiger charge is 2.28. The van der Waals surface area contributed by atoms with E-state index >= 15 is 0 Å². The number of rotatable bonds is 5. The van der Waals surface area contributed by atoms with Crippen molar-refractivity contribution in [1.29, 1.82) is 0 Å². The average molecular weight is 308 g/mol. The molecule has 6 heteroatoms. The van der Waals surface area contributed by atoms with E-state index in [0.29, 0.717) is 5.56 Å². The summed E-state index contributed by atoms with van der Waals surface area (Å²) in [6.07, 6.45) is 3.18. The molecule has 0 radical (unpaired) electrons. The summed E-state index contributed by atoms with van der Waals surface area (Å²) in [6, 6.07) is 9.34. The topological polar surface area (TPSA) is 50.3 Å². The smallest absolute Gasteiger partial charge is 0.237 e. The summed E-state index contributed by atoms with van der Waals surface area (Å²) in [7, 11) is -3.65. The van der Waals surface area contributed by atoms with Gasteiger partial charge in [-0.25, -0.2) is 12.8 Å². The van der Waals surface area contributed by atoms with E-state index in [4.69, 9.17) is 0 Å². The van der Waals surface area contributed by atoms with Gasteiger partial charge in [0.2, 0.25) is 10.0 Å². The number of hydrogen-bond donors (Lipinski definition) is 0. The Morgan fingerprint density at radius 3 is 2.48 bits per heavy atom. The van der Waals surface area contributed by atoms with E-state index in [2.05, 4.69) is 4.98 Å². The van der Waals surface area contributed by atoms with Gasteiger partial charge < -0.3 is 0 Å². The number of halogens is 1. The Labute approximate surface area is 124 Å². The molecule has 1 aromatic carbocycles. The number of para-hydroxylation sites is 1. The molecule has 0 saturated carbocycles. The van der Waals surface area contributed by atoms with Gasteiger partial charge >= 0.3 is 0 Å². The minimum Gasteiger partial charge on any atom is -0.264 e. The van der Waals surface area contributed by atoms with Gasteiger partial charge in [0.1, 0.15) is 5.82 Å². The highest BCUT2D eigenvalue weighted by atomic mass is 32.2. The standard InChI is InChI=1S/C15H17FN2O2S/c1-12(2)21(19,20)18(11-13-6-5-9-17-10-13)15-8-4-3-7-14(15)16/h3-10,12H,11H2,1-2H3. The highest BCUT2D eigenvalue weighted by Crippen LogP contribution is 2.26. The molecule has 4 nitrogen and oxygen atoms in total. The first-order chi connectivity index (χ1) is 9.93. The van der Waals surface area contributed by atoms with Crippen LogP contribution >= 0.6 is 0 Å². The third kappa shape index (κ3) is 3.39. The Hall–Kier alpha value is -1.95. The van der Waals surface area contributed by atoms with Crippen LogP contribution < -0.4 is 4.31 Å². The molecule has 1 aromatic heterocycles. The van der Waals surface area contributed by atoms with Crippen LogP contribution in [0.5, 0.6) is 0 Å². The molecule has 0 amide bonds. The van der Waals surface area contributed by atoms with Crippen LogP contribution in [0, 0.1) is 5.82 Å². The summed E-state index contributed by atoms with van der Waals surface area (Å²) in [5.74, 6) is -0.564. The third-order valence-corrected chi connectivity index (χ3v) is 5.20. The zero-order valence-electron chi connectivity index (χ0n) is 11.9. The summed E-state index contributed by atoms with van der Waals surface area (Å²) in [5, 5.41) is -0.645. The molecule has 0 aliphatic carbocycles. The Morgan fingerprint density at radius 1 is 1.19 bits per heavy atom. The fourth-order valence-electron chi connectivity index (χ4n) is 1.88. The van der Waals surface area contributed by atoms with Crippen LogP contribution in [0.25, 0.3) is 0 Å². The summed E-state index contributed by atoms with van der Waals surface area (Å²) in [5.41, 5.74) is 0.750. The molecular weight excluding hydrogens is 291 g/mol. The number of benzene rings is 1.